The zero-order valence-corrected chi connectivity index (χ0v) is 4.60. The van der Waals surface area contributed by atoms with Crippen LogP contribution in [-0.2, 0) is 4.79 Å². The molecule has 0 fully saturated rings. The summed E-state index contributed by atoms with van der Waals surface area (Å²) in [5.74, 6) is -1.00. The maximum absolute atomic E-state index is 9.45. The minimum absolute atomic E-state index is 0. The van der Waals surface area contributed by atoms with Gasteiger partial charge in [-0.25, -0.2) is 4.79 Å². The molecule has 1 N–H and O–H groups in total. The number of carboxylic acids is 1. The molecule has 0 aliphatic carbocycles. The van der Waals surface area contributed by atoms with Crippen LogP contribution in [0.4, 0.5) is 0 Å². The van der Waals surface area contributed by atoms with Gasteiger partial charge in [-0.05, 0) is 0 Å². The van der Waals surface area contributed by atoms with Crippen molar-refractivity contribution in [2.24, 2.45) is 4.99 Å². The van der Waals surface area contributed by atoms with Crippen LogP contribution in [0, 0.1) is 0 Å². The lowest BCUT2D eigenvalue weighted by atomic mass is 10.8. The molecule has 0 rings (SSSR count). The molecule has 0 bridgehead atoms. The highest BCUT2D eigenvalue weighted by molar-refractivity contribution is 6.21. The molecule has 4 heteroatoms. The van der Waals surface area contributed by atoms with E-state index in [0.29, 0.717) is 0 Å². The average molecular weight is 124 g/mol. The quantitative estimate of drug-likeness (QED) is 0.506. The molecule has 0 aliphatic heterocycles. The maximum Gasteiger partial charge on any atom is 0.346 e. The normalized spacial score (nSPS) is 8.14. The smallest absolute Gasteiger partial charge is 0.346 e. The summed E-state index contributed by atoms with van der Waals surface area (Å²) < 4.78 is 0. The third-order valence-electron chi connectivity index (χ3n) is 0.240. The molecular weight excluding hydrogens is 117 g/mol. The number of hydrogen-bond donors (Lipinski definition) is 1. The van der Waals surface area contributed by atoms with Crippen LogP contribution in [0.1, 0.15) is 0 Å². The van der Waals surface area contributed by atoms with Crippen LogP contribution in [0.2, 0.25) is 0 Å². The Morgan fingerprint density at radius 1 is 1.86 bits per heavy atom. The fourth-order valence-corrected chi connectivity index (χ4v) is 0.110. The lowest BCUT2D eigenvalue weighted by Crippen LogP contribution is -1.93. The van der Waals surface area contributed by atoms with Gasteiger partial charge >= 0.3 is 5.97 Å². The number of rotatable bonds is 1. The van der Waals surface area contributed by atoms with Crippen LogP contribution in [-0.4, -0.2) is 24.3 Å². The third-order valence-corrected chi connectivity index (χ3v) is 0.240. The zero-order valence-electron chi connectivity index (χ0n) is 3.79. The Balaban J connectivity index is 0. The molecule has 0 heterocycles. The van der Waals surface area contributed by atoms with E-state index in [1.165, 1.54) is 7.05 Å². The molecule has 0 atom stereocenters. The van der Waals surface area contributed by atoms with E-state index in [-0.39, 0.29) is 12.4 Å². The highest BCUT2D eigenvalue weighted by Gasteiger charge is 1.78. The van der Waals surface area contributed by atoms with Crippen molar-refractivity contribution in [3.8, 4) is 0 Å². The van der Waals surface area contributed by atoms with Crippen molar-refractivity contribution in [1.82, 2.24) is 0 Å². The summed E-state index contributed by atoms with van der Waals surface area (Å²) in [7, 11) is 1.41. The van der Waals surface area contributed by atoms with Crippen molar-refractivity contribution in [1.29, 1.82) is 0 Å². The molecule has 0 aromatic rings. The number of hydrogen-bond acceptors (Lipinski definition) is 2. The molecule has 0 unspecified atom stereocenters. The molecule has 0 amide bonds. The minimum Gasteiger partial charge on any atom is -0.477 e. The summed E-state index contributed by atoms with van der Waals surface area (Å²) >= 11 is 0. The summed E-state index contributed by atoms with van der Waals surface area (Å²) in [5, 5.41) is 7.76. The van der Waals surface area contributed by atoms with E-state index in [1.807, 2.05) is 0 Å². The van der Waals surface area contributed by atoms with Gasteiger partial charge in [-0.3, -0.25) is 4.99 Å². The van der Waals surface area contributed by atoms with Gasteiger partial charge in [-0.15, -0.1) is 12.4 Å². The molecule has 7 heavy (non-hydrogen) atoms. The van der Waals surface area contributed by atoms with Crippen molar-refractivity contribution in [2.75, 3.05) is 7.05 Å². The number of nitrogens with zero attached hydrogens (tertiary/aromatic N) is 1. The van der Waals surface area contributed by atoms with E-state index < -0.39 is 5.97 Å². The van der Waals surface area contributed by atoms with Crippen molar-refractivity contribution in [3.05, 3.63) is 0 Å². The first-order chi connectivity index (χ1) is 2.77. The van der Waals surface area contributed by atoms with Gasteiger partial charge in [0.1, 0.15) is 6.21 Å². The Kier molecular flexibility index (Phi) is 7.49. The topological polar surface area (TPSA) is 49.7 Å². The lowest BCUT2D eigenvalue weighted by Gasteiger charge is -1.68. The van der Waals surface area contributed by atoms with E-state index in [1.54, 1.807) is 0 Å². The maximum atomic E-state index is 9.45. The molecule has 0 saturated carbocycles. The first-order valence-corrected chi connectivity index (χ1v) is 1.42. The van der Waals surface area contributed by atoms with Gasteiger partial charge in [0.2, 0.25) is 0 Å². The van der Waals surface area contributed by atoms with Crippen LogP contribution in [0.25, 0.3) is 0 Å². The average Bonchev–Trinajstić information content (AvgIpc) is 1.35. The summed E-state index contributed by atoms with van der Waals surface area (Å²) in [5.41, 5.74) is 0. The SMILES string of the molecule is C/N=C/C(=O)O.Cl. The van der Waals surface area contributed by atoms with Gasteiger partial charge in [0.25, 0.3) is 0 Å². The number of aliphatic carboxylic acids is 1. The number of aliphatic imine (C=N–C) groups is 1. The number of carboxylic acid groups (broad SMARTS) is 1. The molecular formula is C3H6ClNO2. The van der Waals surface area contributed by atoms with Gasteiger partial charge < -0.3 is 5.11 Å². The van der Waals surface area contributed by atoms with Gasteiger partial charge in [-0.2, -0.15) is 0 Å². The van der Waals surface area contributed by atoms with E-state index >= 15 is 0 Å². The molecule has 0 saturated heterocycles. The first kappa shape index (κ1) is 9.66. The summed E-state index contributed by atoms with van der Waals surface area (Å²) in [6, 6.07) is 0. The van der Waals surface area contributed by atoms with Crippen molar-refractivity contribution in [2.45, 2.75) is 0 Å². The van der Waals surface area contributed by atoms with Crippen molar-refractivity contribution in [3.63, 3.8) is 0 Å². The Hall–Kier alpha value is -0.570. The van der Waals surface area contributed by atoms with E-state index in [0.717, 1.165) is 6.21 Å². The highest BCUT2D eigenvalue weighted by Crippen LogP contribution is 1.50. The fourth-order valence-electron chi connectivity index (χ4n) is 0.110. The zero-order chi connectivity index (χ0) is 4.99. The fraction of sp³-hybridized carbons (Fsp3) is 0.333. The van der Waals surface area contributed by atoms with Gasteiger partial charge in [0, 0.05) is 7.05 Å². The van der Waals surface area contributed by atoms with Crippen molar-refractivity contribution < 1.29 is 9.90 Å². The van der Waals surface area contributed by atoms with Crippen LogP contribution in [0.15, 0.2) is 4.99 Å². The van der Waals surface area contributed by atoms with E-state index in [4.69, 9.17) is 5.11 Å². The Morgan fingerprint density at radius 3 is 2.29 bits per heavy atom. The Bertz CT molecular complexity index is 81.0. The summed E-state index contributed by atoms with van der Waals surface area (Å²) in [6.07, 6.45) is 0.833. The van der Waals surface area contributed by atoms with Gasteiger partial charge in [-0.1, -0.05) is 0 Å². The number of halogens is 1. The standard InChI is InChI=1S/C3H5NO2.ClH/c1-4-2-3(5)6;/h2H,1H3,(H,5,6);1H/b4-2+;. The predicted octanol–water partition coefficient (Wildman–Crippen LogP) is 0.193. The first-order valence-electron chi connectivity index (χ1n) is 1.42. The monoisotopic (exact) mass is 123 g/mol. The number of carbonyl (C=O) groups is 1. The van der Waals surface area contributed by atoms with Crippen LogP contribution in [0.3, 0.4) is 0 Å². The Morgan fingerprint density at radius 2 is 2.29 bits per heavy atom. The van der Waals surface area contributed by atoms with E-state index in [2.05, 4.69) is 4.99 Å². The highest BCUT2D eigenvalue weighted by atomic mass is 35.5. The van der Waals surface area contributed by atoms with Crippen LogP contribution < -0.4 is 0 Å². The van der Waals surface area contributed by atoms with Crippen LogP contribution in [0.5, 0.6) is 0 Å². The van der Waals surface area contributed by atoms with Gasteiger partial charge in [0.15, 0.2) is 0 Å². The molecule has 0 aromatic carbocycles. The molecule has 0 aliphatic rings. The molecule has 42 valence electrons. The molecule has 0 radical (unpaired) electrons. The molecule has 0 spiro atoms. The minimum atomic E-state index is -1.00. The van der Waals surface area contributed by atoms with Crippen LogP contribution >= 0.6 is 12.4 Å². The van der Waals surface area contributed by atoms with Crippen molar-refractivity contribution >= 4 is 24.6 Å². The lowest BCUT2D eigenvalue weighted by molar-refractivity contribution is -0.128. The Labute approximate surface area is 47.5 Å². The second kappa shape index (κ2) is 5.43. The predicted molar refractivity (Wildman–Crippen MR) is 29.3 cm³/mol. The molecule has 3 nitrogen and oxygen atoms in total. The third kappa shape index (κ3) is 10.8. The summed E-state index contributed by atoms with van der Waals surface area (Å²) in [4.78, 5) is 12.7. The largest absolute Gasteiger partial charge is 0.477 e. The second-order valence-corrected chi connectivity index (χ2v) is 0.726. The van der Waals surface area contributed by atoms with Gasteiger partial charge in [0.05, 0.1) is 0 Å². The second-order valence-electron chi connectivity index (χ2n) is 0.726. The summed E-state index contributed by atoms with van der Waals surface area (Å²) in [6.45, 7) is 0. The molecule has 0 aromatic heterocycles. The van der Waals surface area contributed by atoms with E-state index in [9.17, 15) is 4.79 Å².